The van der Waals surface area contributed by atoms with Gasteiger partial charge in [-0.05, 0) is 37.0 Å². The van der Waals surface area contributed by atoms with Crippen molar-refractivity contribution in [3.8, 4) is 11.5 Å². The Morgan fingerprint density at radius 2 is 2.19 bits per heavy atom. The van der Waals surface area contributed by atoms with Gasteiger partial charge in [0.15, 0.2) is 0 Å². The first-order chi connectivity index (χ1) is 10.1. The second kappa shape index (κ2) is 7.56. The maximum absolute atomic E-state index is 12.4. The van der Waals surface area contributed by atoms with E-state index >= 15 is 0 Å². The van der Waals surface area contributed by atoms with Gasteiger partial charge in [0.25, 0.3) is 0 Å². The molecule has 21 heavy (non-hydrogen) atoms. The van der Waals surface area contributed by atoms with Gasteiger partial charge in [-0.3, -0.25) is 0 Å². The normalized spacial score (nSPS) is 21.8. The van der Waals surface area contributed by atoms with Crippen LogP contribution in [0.1, 0.15) is 24.8 Å². The summed E-state index contributed by atoms with van der Waals surface area (Å²) in [5.41, 5.74) is 0.613. The minimum atomic E-state index is -2.85. The van der Waals surface area contributed by atoms with Crippen LogP contribution in [0.5, 0.6) is 11.5 Å². The molecule has 0 radical (unpaired) electrons. The second-order valence-corrected chi connectivity index (χ2v) is 5.24. The van der Waals surface area contributed by atoms with E-state index in [1.54, 1.807) is 12.1 Å². The van der Waals surface area contributed by atoms with Gasteiger partial charge in [-0.25, -0.2) is 0 Å². The van der Waals surface area contributed by atoms with Crippen molar-refractivity contribution in [2.45, 2.75) is 38.5 Å². The average molecular weight is 301 g/mol. The molecule has 0 bridgehead atoms. The summed E-state index contributed by atoms with van der Waals surface area (Å²) in [5.74, 6) is 0.967. The molecule has 1 aromatic rings. The number of aliphatic hydroxyl groups is 1. The van der Waals surface area contributed by atoms with E-state index in [2.05, 4.69) is 10.1 Å². The molecule has 0 saturated heterocycles. The third-order valence-electron chi connectivity index (χ3n) is 3.82. The van der Waals surface area contributed by atoms with Crippen LogP contribution in [0.2, 0.25) is 0 Å². The molecule has 0 amide bonds. The van der Waals surface area contributed by atoms with Crippen molar-refractivity contribution >= 4 is 0 Å². The molecule has 1 saturated carbocycles. The van der Waals surface area contributed by atoms with Crippen LogP contribution >= 0.6 is 0 Å². The zero-order chi connectivity index (χ0) is 15.2. The number of benzene rings is 1. The summed E-state index contributed by atoms with van der Waals surface area (Å²) in [4.78, 5) is 0. The van der Waals surface area contributed by atoms with Crippen molar-refractivity contribution in [3.05, 3.63) is 23.8 Å². The summed E-state index contributed by atoms with van der Waals surface area (Å²) >= 11 is 0. The van der Waals surface area contributed by atoms with Crippen LogP contribution in [0.25, 0.3) is 0 Å². The van der Waals surface area contributed by atoms with Crippen LogP contribution in [0.4, 0.5) is 8.78 Å². The molecule has 1 aliphatic carbocycles. The highest BCUT2D eigenvalue weighted by Gasteiger charge is 2.24. The number of aliphatic hydroxyl groups excluding tert-OH is 1. The highest BCUT2D eigenvalue weighted by atomic mass is 19.3. The Kier molecular flexibility index (Phi) is 5.76. The van der Waals surface area contributed by atoms with E-state index in [1.165, 1.54) is 13.2 Å². The van der Waals surface area contributed by atoms with Crippen molar-refractivity contribution in [3.63, 3.8) is 0 Å². The molecule has 1 aromatic carbocycles. The Balaban J connectivity index is 1.96. The molecule has 1 fully saturated rings. The van der Waals surface area contributed by atoms with Crippen molar-refractivity contribution < 1.29 is 23.4 Å². The Morgan fingerprint density at radius 3 is 2.81 bits per heavy atom. The second-order valence-electron chi connectivity index (χ2n) is 5.24. The molecule has 0 aliphatic heterocycles. The number of nitrogens with one attached hydrogen (secondary N) is 1. The first kappa shape index (κ1) is 16.0. The SMILES string of the molecule is COc1ccc(OC(F)F)c(CNCC2CCCC2O)c1. The predicted octanol–water partition coefficient (Wildman–Crippen LogP) is 2.55. The standard InChI is InChI=1S/C15H21F2NO3/c1-20-12-5-6-14(21-15(16)17)11(7-12)9-18-8-10-3-2-4-13(10)19/h5-7,10,13,15,18-19H,2-4,8-9H2,1H3. The first-order valence-corrected chi connectivity index (χ1v) is 7.10. The number of rotatable bonds is 7. The number of methoxy groups -OCH3 is 1. The molecular formula is C15H21F2NO3. The number of hydrogen-bond acceptors (Lipinski definition) is 4. The Bertz CT molecular complexity index is 457. The maximum Gasteiger partial charge on any atom is 0.387 e. The fraction of sp³-hybridized carbons (Fsp3) is 0.600. The topological polar surface area (TPSA) is 50.7 Å². The molecule has 0 aromatic heterocycles. The lowest BCUT2D eigenvalue weighted by Crippen LogP contribution is -2.27. The van der Waals surface area contributed by atoms with Crippen LogP contribution in [0.15, 0.2) is 18.2 Å². The minimum Gasteiger partial charge on any atom is -0.497 e. The quantitative estimate of drug-likeness (QED) is 0.812. The molecule has 0 spiro atoms. The zero-order valence-electron chi connectivity index (χ0n) is 12.0. The van der Waals surface area contributed by atoms with E-state index in [0.29, 0.717) is 24.4 Å². The third-order valence-corrected chi connectivity index (χ3v) is 3.82. The molecule has 2 rings (SSSR count). The number of ether oxygens (including phenoxy) is 2. The maximum atomic E-state index is 12.4. The van der Waals surface area contributed by atoms with Gasteiger partial charge >= 0.3 is 6.61 Å². The summed E-state index contributed by atoms with van der Waals surface area (Å²) in [6, 6.07) is 4.74. The van der Waals surface area contributed by atoms with E-state index in [1.807, 2.05) is 0 Å². The van der Waals surface area contributed by atoms with Gasteiger partial charge in [-0.1, -0.05) is 6.42 Å². The number of hydrogen-bond donors (Lipinski definition) is 2. The minimum absolute atomic E-state index is 0.144. The molecule has 118 valence electrons. The van der Waals surface area contributed by atoms with E-state index in [4.69, 9.17) is 4.74 Å². The monoisotopic (exact) mass is 301 g/mol. The van der Waals surface area contributed by atoms with Crippen LogP contribution in [-0.4, -0.2) is 31.5 Å². The summed E-state index contributed by atoms with van der Waals surface area (Å²) in [5, 5.41) is 13.0. The van der Waals surface area contributed by atoms with Gasteiger partial charge < -0.3 is 19.9 Å². The number of alkyl halides is 2. The fourth-order valence-corrected chi connectivity index (χ4v) is 2.68. The summed E-state index contributed by atoms with van der Waals surface area (Å²) < 4.78 is 34.4. The van der Waals surface area contributed by atoms with Crippen molar-refractivity contribution in [1.29, 1.82) is 0 Å². The van der Waals surface area contributed by atoms with Crippen molar-refractivity contribution in [2.75, 3.05) is 13.7 Å². The summed E-state index contributed by atoms with van der Waals surface area (Å²) in [6.07, 6.45) is 2.60. The average Bonchev–Trinajstić information content (AvgIpc) is 2.85. The van der Waals surface area contributed by atoms with Gasteiger partial charge in [0.1, 0.15) is 11.5 Å². The van der Waals surface area contributed by atoms with E-state index in [-0.39, 0.29) is 17.8 Å². The molecule has 2 N–H and O–H groups in total. The summed E-state index contributed by atoms with van der Waals surface area (Å²) in [7, 11) is 1.52. The molecule has 4 nitrogen and oxygen atoms in total. The summed E-state index contributed by atoms with van der Waals surface area (Å²) in [6.45, 7) is -1.80. The highest BCUT2D eigenvalue weighted by molar-refractivity contribution is 5.40. The van der Waals surface area contributed by atoms with E-state index in [9.17, 15) is 13.9 Å². The fourth-order valence-electron chi connectivity index (χ4n) is 2.68. The molecule has 2 unspecified atom stereocenters. The van der Waals surface area contributed by atoms with Crippen molar-refractivity contribution in [1.82, 2.24) is 5.32 Å². The highest BCUT2D eigenvalue weighted by Crippen LogP contribution is 2.27. The molecule has 1 aliphatic rings. The smallest absolute Gasteiger partial charge is 0.387 e. The molecule has 2 atom stereocenters. The van der Waals surface area contributed by atoms with Gasteiger partial charge in [0.05, 0.1) is 13.2 Å². The van der Waals surface area contributed by atoms with Crippen LogP contribution < -0.4 is 14.8 Å². The predicted molar refractivity (Wildman–Crippen MR) is 74.7 cm³/mol. The zero-order valence-corrected chi connectivity index (χ0v) is 12.0. The first-order valence-electron chi connectivity index (χ1n) is 7.10. The molecule has 0 heterocycles. The van der Waals surface area contributed by atoms with Crippen molar-refractivity contribution in [2.24, 2.45) is 5.92 Å². The third kappa shape index (κ3) is 4.54. The Morgan fingerprint density at radius 1 is 1.38 bits per heavy atom. The van der Waals surface area contributed by atoms with Gasteiger partial charge in [-0.15, -0.1) is 0 Å². The van der Waals surface area contributed by atoms with Crippen LogP contribution in [-0.2, 0) is 6.54 Å². The molecule has 6 heteroatoms. The lowest BCUT2D eigenvalue weighted by Gasteiger charge is -2.17. The van der Waals surface area contributed by atoms with Crippen LogP contribution in [0.3, 0.4) is 0 Å². The Labute approximate surface area is 123 Å². The van der Waals surface area contributed by atoms with Gasteiger partial charge in [-0.2, -0.15) is 8.78 Å². The number of halogens is 2. The Hall–Kier alpha value is -1.40. The van der Waals surface area contributed by atoms with E-state index < -0.39 is 6.61 Å². The van der Waals surface area contributed by atoms with Crippen LogP contribution in [0, 0.1) is 5.92 Å². The van der Waals surface area contributed by atoms with E-state index in [0.717, 1.165) is 19.3 Å². The largest absolute Gasteiger partial charge is 0.497 e. The molecular weight excluding hydrogens is 280 g/mol. The van der Waals surface area contributed by atoms with Gasteiger partial charge in [0.2, 0.25) is 0 Å². The lowest BCUT2D eigenvalue weighted by molar-refractivity contribution is -0.0505. The lowest BCUT2D eigenvalue weighted by atomic mass is 10.1. The van der Waals surface area contributed by atoms with Gasteiger partial charge in [0, 0.05) is 18.7 Å².